The number of halogens is 3. The first kappa shape index (κ1) is 17.2. The van der Waals surface area contributed by atoms with E-state index < -0.39 is 17.2 Å². The number of benzene rings is 1. The lowest BCUT2D eigenvalue weighted by Crippen LogP contribution is -2.47. The maximum atomic E-state index is 13.0. The Kier molecular flexibility index (Phi) is 4.83. The molecule has 1 aromatic rings. The molecule has 1 unspecified atom stereocenters. The summed E-state index contributed by atoms with van der Waals surface area (Å²) in [5, 5.41) is 3.19. The molecule has 0 amide bonds. The Bertz CT molecular complexity index is 597. The highest BCUT2D eigenvalue weighted by molar-refractivity contribution is 5.77. The first-order valence-electron chi connectivity index (χ1n) is 8.06. The van der Waals surface area contributed by atoms with Gasteiger partial charge in [0.1, 0.15) is 6.04 Å². The van der Waals surface area contributed by atoms with Crippen LogP contribution in [0, 0.1) is 0 Å². The fraction of sp³-hybridized carbons (Fsp3) is 0.588. The fourth-order valence-corrected chi connectivity index (χ4v) is 3.35. The Morgan fingerprint density at radius 2 is 1.96 bits per heavy atom. The van der Waals surface area contributed by atoms with Crippen molar-refractivity contribution in [3.63, 3.8) is 0 Å². The summed E-state index contributed by atoms with van der Waals surface area (Å²) >= 11 is 0. The van der Waals surface area contributed by atoms with Gasteiger partial charge in [0.2, 0.25) is 0 Å². The van der Waals surface area contributed by atoms with Crippen LogP contribution < -0.4 is 5.32 Å². The summed E-state index contributed by atoms with van der Waals surface area (Å²) in [6, 6.07) is 5.10. The molecule has 2 fully saturated rings. The maximum Gasteiger partial charge on any atom is 0.416 e. The minimum absolute atomic E-state index is 0.291. The molecule has 132 valence electrons. The Morgan fingerprint density at radius 3 is 2.58 bits per heavy atom. The molecule has 24 heavy (non-hydrogen) atoms. The number of esters is 1. The van der Waals surface area contributed by atoms with Crippen LogP contribution in [0.4, 0.5) is 13.2 Å². The van der Waals surface area contributed by atoms with Crippen molar-refractivity contribution in [1.82, 2.24) is 5.32 Å². The molecule has 2 aliphatic heterocycles. The van der Waals surface area contributed by atoms with Crippen molar-refractivity contribution in [1.29, 1.82) is 0 Å². The highest BCUT2D eigenvalue weighted by atomic mass is 19.4. The lowest BCUT2D eigenvalue weighted by atomic mass is 9.73. The minimum atomic E-state index is -4.37. The molecular weight excluding hydrogens is 323 g/mol. The van der Waals surface area contributed by atoms with E-state index in [1.807, 2.05) is 0 Å². The van der Waals surface area contributed by atoms with Crippen molar-refractivity contribution in [3.8, 4) is 0 Å². The van der Waals surface area contributed by atoms with Crippen LogP contribution in [0.5, 0.6) is 0 Å². The van der Waals surface area contributed by atoms with Gasteiger partial charge < -0.3 is 14.8 Å². The number of carbonyl (C=O) groups excluding carboxylic acids is 1. The Labute approximate surface area is 138 Å². The van der Waals surface area contributed by atoms with Crippen molar-refractivity contribution in [2.75, 3.05) is 26.4 Å². The highest BCUT2D eigenvalue weighted by Gasteiger charge is 2.38. The molecular formula is C17H20F3NO3. The Morgan fingerprint density at radius 1 is 1.21 bits per heavy atom. The van der Waals surface area contributed by atoms with Crippen LogP contribution in [0.15, 0.2) is 24.3 Å². The van der Waals surface area contributed by atoms with Crippen LogP contribution in [0.25, 0.3) is 0 Å². The van der Waals surface area contributed by atoms with Crippen LogP contribution in [0.3, 0.4) is 0 Å². The van der Waals surface area contributed by atoms with E-state index in [1.54, 1.807) is 6.07 Å². The molecule has 0 aromatic heterocycles. The third kappa shape index (κ3) is 3.57. The third-order valence-electron chi connectivity index (χ3n) is 4.87. The number of alkyl halides is 3. The second-order valence-electron chi connectivity index (χ2n) is 6.36. The van der Waals surface area contributed by atoms with E-state index in [1.165, 1.54) is 12.1 Å². The first-order valence-corrected chi connectivity index (χ1v) is 8.06. The standard InChI is InChI=1S/C17H20F3NO3/c18-17(19,20)13-3-1-2-12(10-13)16(5-8-23-9-6-16)11-21-14-4-7-24-15(14)22/h1-3,10,14,21H,4-9,11H2. The van der Waals surface area contributed by atoms with E-state index in [-0.39, 0.29) is 12.0 Å². The van der Waals surface area contributed by atoms with Gasteiger partial charge >= 0.3 is 12.1 Å². The molecule has 1 aromatic carbocycles. The molecule has 0 radical (unpaired) electrons. The summed E-state index contributed by atoms with van der Waals surface area (Å²) in [4.78, 5) is 11.6. The van der Waals surface area contributed by atoms with E-state index >= 15 is 0 Å². The number of rotatable bonds is 4. The van der Waals surface area contributed by atoms with Gasteiger partial charge in [-0.2, -0.15) is 13.2 Å². The molecule has 2 heterocycles. The zero-order valence-corrected chi connectivity index (χ0v) is 13.2. The van der Waals surface area contributed by atoms with Gasteiger partial charge in [-0.1, -0.05) is 18.2 Å². The van der Waals surface area contributed by atoms with Gasteiger partial charge in [-0.25, -0.2) is 0 Å². The fourth-order valence-electron chi connectivity index (χ4n) is 3.35. The van der Waals surface area contributed by atoms with E-state index in [4.69, 9.17) is 9.47 Å². The van der Waals surface area contributed by atoms with Gasteiger partial charge in [0, 0.05) is 31.6 Å². The van der Waals surface area contributed by atoms with Crippen molar-refractivity contribution in [2.45, 2.75) is 36.9 Å². The predicted octanol–water partition coefficient (Wildman–Crippen LogP) is 2.66. The van der Waals surface area contributed by atoms with Crippen molar-refractivity contribution < 1.29 is 27.4 Å². The summed E-state index contributed by atoms with van der Waals surface area (Å²) in [6.45, 7) is 1.80. The van der Waals surface area contributed by atoms with Crippen LogP contribution in [-0.4, -0.2) is 38.4 Å². The molecule has 0 saturated carbocycles. The average Bonchev–Trinajstić information content (AvgIpc) is 2.98. The number of hydrogen-bond acceptors (Lipinski definition) is 4. The van der Waals surface area contributed by atoms with Crippen LogP contribution in [-0.2, 0) is 25.9 Å². The third-order valence-corrected chi connectivity index (χ3v) is 4.87. The molecule has 2 aliphatic rings. The molecule has 2 saturated heterocycles. The second kappa shape index (κ2) is 6.72. The predicted molar refractivity (Wildman–Crippen MR) is 80.5 cm³/mol. The first-order chi connectivity index (χ1) is 11.4. The topological polar surface area (TPSA) is 47.6 Å². The minimum Gasteiger partial charge on any atom is -0.464 e. The normalized spacial score (nSPS) is 24.0. The van der Waals surface area contributed by atoms with Crippen molar-refractivity contribution >= 4 is 5.97 Å². The van der Waals surface area contributed by atoms with Crippen LogP contribution >= 0.6 is 0 Å². The Hall–Kier alpha value is -1.60. The zero-order chi connectivity index (χ0) is 17.2. The van der Waals surface area contributed by atoms with Gasteiger partial charge in [-0.15, -0.1) is 0 Å². The SMILES string of the molecule is O=C1OCCC1NCC1(c2cccc(C(F)(F)F)c2)CCOCC1. The molecule has 0 aliphatic carbocycles. The number of ether oxygens (including phenoxy) is 2. The molecule has 1 atom stereocenters. The van der Waals surface area contributed by atoms with Gasteiger partial charge in [-0.3, -0.25) is 4.79 Å². The number of hydrogen-bond donors (Lipinski definition) is 1. The van der Waals surface area contributed by atoms with Gasteiger partial charge in [0.15, 0.2) is 0 Å². The molecule has 7 heteroatoms. The molecule has 0 bridgehead atoms. The maximum absolute atomic E-state index is 13.0. The quantitative estimate of drug-likeness (QED) is 0.854. The number of carbonyl (C=O) groups is 1. The summed E-state index contributed by atoms with van der Waals surface area (Å²) < 4.78 is 49.5. The lowest BCUT2D eigenvalue weighted by molar-refractivity contribution is -0.140. The van der Waals surface area contributed by atoms with E-state index in [0.29, 0.717) is 51.2 Å². The monoisotopic (exact) mass is 343 g/mol. The van der Waals surface area contributed by atoms with Gasteiger partial charge in [-0.05, 0) is 24.5 Å². The zero-order valence-electron chi connectivity index (χ0n) is 13.2. The molecule has 4 nitrogen and oxygen atoms in total. The average molecular weight is 343 g/mol. The highest BCUT2D eigenvalue weighted by Crippen LogP contribution is 2.38. The number of cyclic esters (lactones) is 1. The molecule has 1 N–H and O–H groups in total. The van der Waals surface area contributed by atoms with E-state index in [0.717, 1.165) is 6.07 Å². The second-order valence-corrected chi connectivity index (χ2v) is 6.36. The van der Waals surface area contributed by atoms with Gasteiger partial charge in [0.05, 0.1) is 12.2 Å². The van der Waals surface area contributed by atoms with E-state index in [9.17, 15) is 18.0 Å². The molecule has 0 spiro atoms. The summed E-state index contributed by atoms with van der Waals surface area (Å²) in [5.74, 6) is -0.291. The Balaban J connectivity index is 1.84. The van der Waals surface area contributed by atoms with Gasteiger partial charge in [0.25, 0.3) is 0 Å². The lowest BCUT2D eigenvalue weighted by Gasteiger charge is -2.38. The summed E-state index contributed by atoms with van der Waals surface area (Å²) in [7, 11) is 0. The summed E-state index contributed by atoms with van der Waals surface area (Å²) in [5.41, 5.74) is -0.479. The van der Waals surface area contributed by atoms with Crippen molar-refractivity contribution in [2.24, 2.45) is 0 Å². The molecule has 3 rings (SSSR count). The van der Waals surface area contributed by atoms with Crippen LogP contribution in [0.2, 0.25) is 0 Å². The number of nitrogens with one attached hydrogen (secondary N) is 1. The largest absolute Gasteiger partial charge is 0.464 e. The van der Waals surface area contributed by atoms with E-state index in [2.05, 4.69) is 5.32 Å². The van der Waals surface area contributed by atoms with Crippen molar-refractivity contribution in [3.05, 3.63) is 35.4 Å². The smallest absolute Gasteiger partial charge is 0.416 e. The van der Waals surface area contributed by atoms with Crippen LogP contribution in [0.1, 0.15) is 30.4 Å². The summed E-state index contributed by atoms with van der Waals surface area (Å²) in [6.07, 6.45) is -2.55.